The van der Waals surface area contributed by atoms with Gasteiger partial charge in [-0.25, -0.2) is 0 Å². The number of nitrogens with one attached hydrogen (secondary N) is 1. The first-order chi connectivity index (χ1) is 8.90. The van der Waals surface area contributed by atoms with Gasteiger partial charge in [0.1, 0.15) is 12.4 Å². The SMILES string of the molecule is CCC(NCCOc1ccccc1)c1cccs1. The minimum atomic E-state index is 0.448. The molecule has 0 saturated carbocycles. The summed E-state index contributed by atoms with van der Waals surface area (Å²) in [4.78, 5) is 1.40. The molecular formula is C15H19NOS. The zero-order valence-corrected chi connectivity index (χ0v) is 11.5. The van der Waals surface area contributed by atoms with Gasteiger partial charge in [0.2, 0.25) is 0 Å². The summed E-state index contributed by atoms with van der Waals surface area (Å²) in [6.45, 7) is 3.77. The fraction of sp³-hybridized carbons (Fsp3) is 0.333. The summed E-state index contributed by atoms with van der Waals surface area (Å²) in [5.41, 5.74) is 0. The summed E-state index contributed by atoms with van der Waals surface area (Å²) in [7, 11) is 0. The van der Waals surface area contributed by atoms with E-state index in [1.54, 1.807) is 11.3 Å². The maximum Gasteiger partial charge on any atom is 0.119 e. The van der Waals surface area contributed by atoms with Gasteiger partial charge >= 0.3 is 0 Å². The lowest BCUT2D eigenvalue weighted by molar-refractivity contribution is 0.305. The van der Waals surface area contributed by atoms with Crippen molar-refractivity contribution in [3.63, 3.8) is 0 Å². The van der Waals surface area contributed by atoms with Crippen LogP contribution in [-0.2, 0) is 0 Å². The number of rotatable bonds is 7. The van der Waals surface area contributed by atoms with Crippen LogP contribution in [0.15, 0.2) is 47.8 Å². The highest BCUT2D eigenvalue weighted by molar-refractivity contribution is 7.10. The zero-order chi connectivity index (χ0) is 12.6. The molecule has 1 aromatic carbocycles. The lowest BCUT2D eigenvalue weighted by atomic mass is 10.2. The van der Waals surface area contributed by atoms with E-state index in [1.807, 2.05) is 30.3 Å². The number of hydrogen-bond acceptors (Lipinski definition) is 3. The second-order valence-electron chi connectivity index (χ2n) is 4.09. The van der Waals surface area contributed by atoms with E-state index in [0.717, 1.165) is 18.7 Å². The average Bonchev–Trinajstić information content (AvgIpc) is 2.94. The Morgan fingerprint density at radius 3 is 2.67 bits per heavy atom. The van der Waals surface area contributed by atoms with Crippen molar-refractivity contribution in [2.24, 2.45) is 0 Å². The molecule has 1 aromatic heterocycles. The Kier molecular flexibility index (Phi) is 5.24. The summed E-state index contributed by atoms with van der Waals surface area (Å²) < 4.78 is 5.66. The largest absolute Gasteiger partial charge is 0.492 e. The fourth-order valence-corrected chi connectivity index (χ4v) is 2.74. The third-order valence-electron chi connectivity index (χ3n) is 2.80. The summed E-state index contributed by atoms with van der Waals surface area (Å²) in [5.74, 6) is 0.934. The normalized spacial score (nSPS) is 12.3. The predicted molar refractivity (Wildman–Crippen MR) is 77.3 cm³/mol. The third-order valence-corrected chi connectivity index (χ3v) is 3.79. The second-order valence-corrected chi connectivity index (χ2v) is 5.07. The van der Waals surface area contributed by atoms with Gasteiger partial charge in [0.15, 0.2) is 0 Å². The topological polar surface area (TPSA) is 21.3 Å². The molecule has 3 heteroatoms. The molecule has 0 fully saturated rings. The average molecular weight is 261 g/mol. The molecule has 1 heterocycles. The molecule has 2 nitrogen and oxygen atoms in total. The van der Waals surface area contributed by atoms with Crippen LogP contribution in [0, 0.1) is 0 Å². The van der Waals surface area contributed by atoms with Crippen molar-refractivity contribution < 1.29 is 4.74 Å². The number of para-hydroxylation sites is 1. The highest BCUT2D eigenvalue weighted by Gasteiger charge is 2.08. The molecule has 2 aromatic rings. The Bertz CT molecular complexity index is 427. The van der Waals surface area contributed by atoms with Crippen LogP contribution in [0.5, 0.6) is 5.75 Å². The van der Waals surface area contributed by atoms with Crippen LogP contribution in [-0.4, -0.2) is 13.2 Å². The lowest BCUT2D eigenvalue weighted by Gasteiger charge is -2.15. The van der Waals surface area contributed by atoms with E-state index in [0.29, 0.717) is 12.6 Å². The van der Waals surface area contributed by atoms with Crippen LogP contribution in [0.4, 0.5) is 0 Å². The molecule has 1 N–H and O–H groups in total. The first-order valence-corrected chi connectivity index (χ1v) is 7.22. The standard InChI is InChI=1S/C15H19NOS/c1-2-14(15-9-6-12-18-15)16-10-11-17-13-7-4-3-5-8-13/h3-9,12,14,16H,2,10-11H2,1H3. The van der Waals surface area contributed by atoms with E-state index >= 15 is 0 Å². The Morgan fingerprint density at radius 1 is 1.17 bits per heavy atom. The summed E-state index contributed by atoms with van der Waals surface area (Å²) in [5, 5.41) is 5.65. The molecular weight excluding hydrogens is 242 g/mol. The molecule has 2 rings (SSSR count). The summed E-state index contributed by atoms with van der Waals surface area (Å²) in [6, 6.07) is 14.7. The molecule has 0 bridgehead atoms. The van der Waals surface area contributed by atoms with Crippen molar-refractivity contribution in [2.75, 3.05) is 13.2 Å². The van der Waals surface area contributed by atoms with Crippen LogP contribution in [0.3, 0.4) is 0 Å². The molecule has 0 aliphatic carbocycles. The minimum Gasteiger partial charge on any atom is -0.492 e. The van der Waals surface area contributed by atoms with E-state index in [-0.39, 0.29) is 0 Å². The van der Waals surface area contributed by atoms with Crippen LogP contribution < -0.4 is 10.1 Å². The van der Waals surface area contributed by atoms with E-state index in [4.69, 9.17) is 4.74 Å². The molecule has 0 amide bonds. The second kappa shape index (κ2) is 7.19. The molecule has 1 unspecified atom stereocenters. The predicted octanol–water partition coefficient (Wildman–Crippen LogP) is 3.87. The van der Waals surface area contributed by atoms with Gasteiger partial charge in [-0.05, 0) is 30.0 Å². The number of thiophene rings is 1. The maximum absolute atomic E-state index is 5.66. The molecule has 0 aliphatic rings. The maximum atomic E-state index is 5.66. The first-order valence-electron chi connectivity index (χ1n) is 6.34. The van der Waals surface area contributed by atoms with Gasteiger partial charge in [-0.1, -0.05) is 31.2 Å². The van der Waals surface area contributed by atoms with Crippen molar-refractivity contribution in [2.45, 2.75) is 19.4 Å². The Hall–Kier alpha value is -1.32. The molecule has 0 saturated heterocycles. The van der Waals surface area contributed by atoms with E-state index in [9.17, 15) is 0 Å². The molecule has 0 radical (unpaired) electrons. The van der Waals surface area contributed by atoms with Crippen LogP contribution in [0.1, 0.15) is 24.3 Å². The van der Waals surface area contributed by atoms with Crippen molar-refractivity contribution in [1.82, 2.24) is 5.32 Å². The molecule has 96 valence electrons. The molecule has 1 atom stereocenters. The van der Waals surface area contributed by atoms with Gasteiger partial charge in [0.25, 0.3) is 0 Å². The smallest absolute Gasteiger partial charge is 0.119 e. The van der Waals surface area contributed by atoms with Crippen LogP contribution >= 0.6 is 11.3 Å². The number of benzene rings is 1. The van der Waals surface area contributed by atoms with Gasteiger partial charge in [0, 0.05) is 17.5 Å². The summed E-state index contributed by atoms with van der Waals surface area (Å²) in [6.07, 6.45) is 1.10. The van der Waals surface area contributed by atoms with Crippen LogP contribution in [0.25, 0.3) is 0 Å². The van der Waals surface area contributed by atoms with Gasteiger partial charge in [-0.3, -0.25) is 0 Å². The quantitative estimate of drug-likeness (QED) is 0.764. The van der Waals surface area contributed by atoms with Gasteiger partial charge in [-0.15, -0.1) is 11.3 Å². The summed E-state index contributed by atoms with van der Waals surface area (Å²) >= 11 is 1.81. The Balaban J connectivity index is 1.71. The van der Waals surface area contributed by atoms with Crippen LogP contribution in [0.2, 0.25) is 0 Å². The number of ether oxygens (including phenoxy) is 1. The van der Waals surface area contributed by atoms with E-state index in [2.05, 4.69) is 29.8 Å². The Labute approximate surface area is 113 Å². The molecule has 18 heavy (non-hydrogen) atoms. The Morgan fingerprint density at radius 2 is 2.00 bits per heavy atom. The third kappa shape index (κ3) is 3.86. The monoisotopic (exact) mass is 261 g/mol. The van der Waals surface area contributed by atoms with Crippen molar-refractivity contribution >= 4 is 11.3 Å². The fourth-order valence-electron chi connectivity index (χ4n) is 1.85. The lowest BCUT2D eigenvalue weighted by Crippen LogP contribution is -2.25. The van der Waals surface area contributed by atoms with Crippen molar-refractivity contribution in [3.05, 3.63) is 52.7 Å². The van der Waals surface area contributed by atoms with Gasteiger partial charge in [-0.2, -0.15) is 0 Å². The highest BCUT2D eigenvalue weighted by Crippen LogP contribution is 2.21. The first kappa shape index (κ1) is 13.1. The van der Waals surface area contributed by atoms with E-state index < -0.39 is 0 Å². The minimum absolute atomic E-state index is 0.448. The highest BCUT2D eigenvalue weighted by atomic mass is 32.1. The molecule has 0 aliphatic heterocycles. The van der Waals surface area contributed by atoms with Gasteiger partial charge in [0.05, 0.1) is 0 Å². The van der Waals surface area contributed by atoms with Crippen molar-refractivity contribution in [1.29, 1.82) is 0 Å². The molecule has 0 spiro atoms. The van der Waals surface area contributed by atoms with Gasteiger partial charge < -0.3 is 10.1 Å². The van der Waals surface area contributed by atoms with Crippen molar-refractivity contribution in [3.8, 4) is 5.75 Å². The van der Waals surface area contributed by atoms with E-state index in [1.165, 1.54) is 4.88 Å². The number of hydrogen-bond donors (Lipinski definition) is 1. The zero-order valence-electron chi connectivity index (χ0n) is 10.6.